The van der Waals surface area contributed by atoms with Crippen molar-refractivity contribution in [1.29, 1.82) is 0 Å². The van der Waals surface area contributed by atoms with E-state index >= 15 is 0 Å². The van der Waals surface area contributed by atoms with E-state index in [0.717, 1.165) is 32.2 Å². The van der Waals surface area contributed by atoms with Crippen molar-refractivity contribution in [2.45, 2.75) is 38.7 Å². The Hall–Kier alpha value is -1.39. The van der Waals surface area contributed by atoms with Crippen molar-refractivity contribution < 1.29 is 14.6 Å². The molecule has 2 N–H and O–H groups in total. The molecule has 0 aromatic carbocycles. The molecule has 0 amide bonds. The number of benzene rings is 1. The molecular formula is C17H25NO3. The fourth-order valence-corrected chi connectivity index (χ4v) is 2.42. The number of ether oxygens (including phenoxy) is 1. The lowest BCUT2D eigenvalue weighted by Crippen LogP contribution is -2.41. The number of esters is 1. The molecule has 1 aliphatic heterocycles. The third kappa shape index (κ3) is 5.14. The molecule has 2 unspecified atom stereocenters. The molecule has 21 heavy (non-hydrogen) atoms. The van der Waals surface area contributed by atoms with Crippen molar-refractivity contribution in [3.8, 4) is 11.1 Å². The molecule has 4 nitrogen and oxygen atoms in total. The van der Waals surface area contributed by atoms with Crippen LogP contribution in [0.3, 0.4) is 0 Å². The van der Waals surface area contributed by atoms with Crippen LogP contribution in [0.25, 0.3) is 11.1 Å². The van der Waals surface area contributed by atoms with Gasteiger partial charge in [0.15, 0.2) is 6.10 Å². The Bertz CT molecular complexity index is 438. The lowest BCUT2D eigenvalue weighted by atomic mass is 9.94. The molecule has 3 aliphatic rings. The number of rotatable bonds is 5. The first kappa shape index (κ1) is 16.0. The average Bonchev–Trinajstić information content (AvgIpc) is 3.14. The van der Waals surface area contributed by atoms with E-state index < -0.39 is 12.1 Å². The van der Waals surface area contributed by atoms with Crippen molar-refractivity contribution in [2.75, 3.05) is 19.7 Å². The number of aliphatic hydroxyl groups is 1. The standard InChI is InChI=1S/C11H21NO3.C6H4/c1-2-3-7-15-11(14)10(13)9-5-4-6-12-8-9;1-2-5-4-6(5)3-1/h9-10,12-13H,2-8H2,1H3;1-4H. The monoisotopic (exact) mass is 291 g/mol. The Morgan fingerprint density at radius 2 is 2.24 bits per heavy atom. The van der Waals surface area contributed by atoms with E-state index in [1.165, 1.54) is 11.1 Å². The molecule has 3 rings (SSSR count). The third-order valence-corrected chi connectivity index (χ3v) is 3.88. The maximum Gasteiger partial charge on any atom is 0.335 e. The zero-order valence-electron chi connectivity index (χ0n) is 12.7. The molecule has 1 fully saturated rings. The number of aliphatic hydroxyl groups excluding tert-OH is 1. The molecule has 2 aliphatic carbocycles. The summed E-state index contributed by atoms with van der Waals surface area (Å²) in [6.45, 7) is 4.15. The van der Waals surface area contributed by atoms with Crippen LogP contribution in [0.15, 0.2) is 24.3 Å². The summed E-state index contributed by atoms with van der Waals surface area (Å²) >= 11 is 0. The van der Waals surface area contributed by atoms with Gasteiger partial charge in [-0.15, -0.1) is 0 Å². The van der Waals surface area contributed by atoms with Gasteiger partial charge >= 0.3 is 5.97 Å². The van der Waals surface area contributed by atoms with E-state index in [2.05, 4.69) is 29.6 Å². The van der Waals surface area contributed by atoms with Gasteiger partial charge in [-0.1, -0.05) is 31.5 Å². The van der Waals surface area contributed by atoms with Crippen molar-refractivity contribution in [3.63, 3.8) is 0 Å². The summed E-state index contributed by atoms with van der Waals surface area (Å²) in [5.41, 5.74) is 2.85. The molecule has 0 spiro atoms. The fraction of sp³-hybridized carbons (Fsp3) is 0.588. The van der Waals surface area contributed by atoms with Crippen molar-refractivity contribution in [2.24, 2.45) is 5.92 Å². The van der Waals surface area contributed by atoms with E-state index in [-0.39, 0.29) is 5.92 Å². The minimum absolute atomic E-state index is 0.0212. The summed E-state index contributed by atoms with van der Waals surface area (Å²) in [5, 5.41) is 12.9. The summed E-state index contributed by atoms with van der Waals surface area (Å²) in [6.07, 6.45) is 2.83. The average molecular weight is 291 g/mol. The highest BCUT2D eigenvalue weighted by molar-refractivity contribution is 5.80. The number of carbonyl (C=O) groups is 1. The Morgan fingerprint density at radius 1 is 1.48 bits per heavy atom. The minimum Gasteiger partial charge on any atom is -0.464 e. The molecular weight excluding hydrogens is 266 g/mol. The highest BCUT2D eigenvalue weighted by Gasteiger charge is 2.28. The first-order valence-corrected chi connectivity index (χ1v) is 7.88. The Kier molecular flexibility index (Phi) is 6.21. The van der Waals surface area contributed by atoms with E-state index in [9.17, 15) is 9.90 Å². The minimum atomic E-state index is -0.949. The number of hydrogen-bond acceptors (Lipinski definition) is 4. The van der Waals surface area contributed by atoms with Gasteiger partial charge in [0.05, 0.1) is 6.61 Å². The Balaban J connectivity index is 0.000000218. The van der Waals surface area contributed by atoms with Crippen LogP contribution in [-0.2, 0) is 9.53 Å². The SMILES string of the molecule is CCCCOC(=O)C(O)C1CCCNC1.c1cc2cc-2c1. The topological polar surface area (TPSA) is 58.6 Å². The van der Waals surface area contributed by atoms with Gasteiger partial charge in [0.1, 0.15) is 0 Å². The van der Waals surface area contributed by atoms with E-state index in [4.69, 9.17) is 4.74 Å². The van der Waals surface area contributed by atoms with Crippen molar-refractivity contribution in [1.82, 2.24) is 5.32 Å². The van der Waals surface area contributed by atoms with Crippen LogP contribution in [0.2, 0.25) is 0 Å². The second kappa shape index (κ2) is 8.15. The van der Waals surface area contributed by atoms with Gasteiger partial charge in [-0.3, -0.25) is 0 Å². The molecule has 116 valence electrons. The second-order valence-electron chi connectivity index (χ2n) is 5.65. The molecule has 1 heterocycles. The first-order chi connectivity index (χ1) is 10.2. The highest BCUT2D eigenvalue weighted by Crippen LogP contribution is 2.32. The number of nitrogens with one attached hydrogen (secondary N) is 1. The lowest BCUT2D eigenvalue weighted by Gasteiger charge is -2.25. The van der Waals surface area contributed by atoms with Gasteiger partial charge in [0, 0.05) is 12.5 Å². The van der Waals surface area contributed by atoms with E-state index in [0.29, 0.717) is 13.2 Å². The quantitative estimate of drug-likeness (QED) is 0.656. The summed E-state index contributed by atoms with van der Waals surface area (Å²) in [6, 6.07) is 8.48. The van der Waals surface area contributed by atoms with Crippen molar-refractivity contribution in [3.05, 3.63) is 24.3 Å². The van der Waals surface area contributed by atoms with Crippen LogP contribution >= 0.6 is 0 Å². The Labute approximate surface area is 126 Å². The largest absolute Gasteiger partial charge is 0.464 e. The van der Waals surface area contributed by atoms with Crippen LogP contribution in [0, 0.1) is 5.92 Å². The van der Waals surface area contributed by atoms with Gasteiger partial charge in [0.2, 0.25) is 0 Å². The maximum atomic E-state index is 11.4. The van der Waals surface area contributed by atoms with E-state index in [1.54, 1.807) is 0 Å². The molecule has 4 heteroatoms. The summed E-state index contributed by atoms with van der Waals surface area (Å²) < 4.78 is 4.98. The first-order valence-electron chi connectivity index (χ1n) is 7.88. The number of carbonyl (C=O) groups excluding carboxylic acids is 1. The molecule has 0 bridgehead atoms. The van der Waals surface area contributed by atoms with Crippen LogP contribution in [0.5, 0.6) is 0 Å². The van der Waals surface area contributed by atoms with Gasteiger partial charge < -0.3 is 15.2 Å². The molecule has 2 atom stereocenters. The summed E-state index contributed by atoms with van der Waals surface area (Å²) in [4.78, 5) is 11.4. The fourth-order valence-electron chi connectivity index (χ4n) is 2.42. The number of fused-ring (bicyclic) bond motifs is 1. The van der Waals surface area contributed by atoms with E-state index in [1.807, 2.05) is 6.92 Å². The highest BCUT2D eigenvalue weighted by atomic mass is 16.5. The molecule has 1 saturated heterocycles. The van der Waals surface area contributed by atoms with Gasteiger partial charge in [-0.25, -0.2) is 4.79 Å². The molecule has 0 saturated carbocycles. The summed E-state index contributed by atoms with van der Waals surface area (Å²) in [7, 11) is 0. The zero-order chi connectivity index (χ0) is 15.1. The number of unbranched alkanes of at least 4 members (excludes halogenated alkanes) is 1. The predicted molar refractivity (Wildman–Crippen MR) is 82.9 cm³/mol. The molecule has 0 radical (unpaired) electrons. The summed E-state index contributed by atoms with van der Waals surface area (Å²) in [5.74, 6) is -0.440. The van der Waals surface area contributed by atoms with Gasteiger partial charge in [-0.2, -0.15) is 0 Å². The predicted octanol–water partition coefficient (Wildman–Crippen LogP) is 2.36. The van der Waals surface area contributed by atoms with Crippen molar-refractivity contribution >= 4 is 5.97 Å². The van der Waals surface area contributed by atoms with Crippen LogP contribution < -0.4 is 5.32 Å². The zero-order valence-corrected chi connectivity index (χ0v) is 12.7. The van der Waals surface area contributed by atoms with Crippen LogP contribution in [0.4, 0.5) is 0 Å². The Morgan fingerprint density at radius 3 is 2.71 bits per heavy atom. The maximum absolute atomic E-state index is 11.4. The lowest BCUT2D eigenvalue weighted by molar-refractivity contribution is -0.157. The smallest absolute Gasteiger partial charge is 0.335 e. The third-order valence-electron chi connectivity index (χ3n) is 3.88. The number of hydrogen-bond donors (Lipinski definition) is 2. The van der Waals surface area contributed by atoms with Crippen LogP contribution in [0.1, 0.15) is 32.6 Å². The van der Waals surface area contributed by atoms with Gasteiger partial charge in [0.25, 0.3) is 0 Å². The molecule has 0 aromatic heterocycles. The normalized spacial score (nSPS) is 20.0. The molecule has 0 aromatic rings. The van der Waals surface area contributed by atoms with Crippen LogP contribution in [-0.4, -0.2) is 36.9 Å². The second-order valence-corrected chi connectivity index (χ2v) is 5.65. The van der Waals surface area contributed by atoms with Gasteiger partial charge in [-0.05, 0) is 43.0 Å². The number of piperidine rings is 1.